The van der Waals surface area contributed by atoms with Crippen LogP contribution in [-0.2, 0) is 22.5 Å². The van der Waals surface area contributed by atoms with Crippen molar-refractivity contribution in [1.29, 1.82) is 0 Å². The highest BCUT2D eigenvalue weighted by atomic mass is 32.2. The predicted molar refractivity (Wildman–Crippen MR) is 106 cm³/mol. The number of nitrogens with one attached hydrogen (secondary N) is 1. The maximum absolute atomic E-state index is 12.3. The molecule has 144 valence electrons. The van der Waals surface area contributed by atoms with Gasteiger partial charge < -0.3 is 14.6 Å². The molecule has 1 aromatic heterocycles. The lowest BCUT2D eigenvalue weighted by atomic mass is 10.1. The number of thioether (sulfide) groups is 1. The first-order valence-corrected chi connectivity index (χ1v) is 10.8. The summed E-state index contributed by atoms with van der Waals surface area (Å²) in [5.74, 6) is 1.88. The van der Waals surface area contributed by atoms with Crippen LogP contribution in [0, 0.1) is 0 Å². The molecule has 7 heteroatoms. The van der Waals surface area contributed by atoms with Crippen LogP contribution in [0.4, 0.5) is 5.69 Å². The molecule has 0 unspecified atom stereocenters. The molecule has 1 atom stereocenters. The van der Waals surface area contributed by atoms with Gasteiger partial charge in [-0.05, 0) is 49.8 Å². The monoisotopic (exact) mass is 386 g/mol. The zero-order chi connectivity index (χ0) is 18.6. The normalized spacial score (nSPS) is 19.4. The van der Waals surface area contributed by atoms with Crippen molar-refractivity contribution in [3.8, 4) is 0 Å². The molecule has 2 heterocycles. The van der Waals surface area contributed by atoms with Crippen LogP contribution >= 0.6 is 11.8 Å². The van der Waals surface area contributed by atoms with E-state index in [4.69, 9.17) is 4.74 Å². The molecule has 2 fully saturated rings. The highest BCUT2D eigenvalue weighted by molar-refractivity contribution is 7.99. The summed E-state index contributed by atoms with van der Waals surface area (Å²) < 4.78 is 7.98. The highest BCUT2D eigenvalue weighted by Crippen LogP contribution is 2.40. The number of aromatic nitrogens is 3. The molecule has 1 aliphatic heterocycles. The molecule has 1 aromatic carbocycles. The minimum Gasteiger partial charge on any atom is -0.376 e. The lowest BCUT2D eigenvalue weighted by Gasteiger charge is -2.14. The van der Waals surface area contributed by atoms with Crippen LogP contribution in [0.2, 0.25) is 0 Å². The first-order valence-electron chi connectivity index (χ1n) is 9.79. The van der Waals surface area contributed by atoms with E-state index in [2.05, 4.69) is 27.0 Å². The van der Waals surface area contributed by atoms with Crippen molar-refractivity contribution in [2.75, 3.05) is 17.7 Å². The van der Waals surface area contributed by atoms with Crippen molar-refractivity contribution < 1.29 is 9.53 Å². The third-order valence-corrected chi connectivity index (χ3v) is 6.04. The summed E-state index contributed by atoms with van der Waals surface area (Å²) in [7, 11) is 0. The summed E-state index contributed by atoms with van der Waals surface area (Å²) >= 11 is 1.45. The Labute approximate surface area is 164 Å². The van der Waals surface area contributed by atoms with E-state index in [0.717, 1.165) is 49.1 Å². The van der Waals surface area contributed by atoms with Gasteiger partial charge in [0.1, 0.15) is 5.82 Å². The van der Waals surface area contributed by atoms with Crippen LogP contribution in [0.3, 0.4) is 0 Å². The number of nitrogens with zero attached hydrogens (tertiary/aromatic N) is 3. The van der Waals surface area contributed by atoms with E-state index in [1.807, 2.05) is 24.3 Å². The minimum absolute atomic E-state index is 0.0242. The molecule has 0 spiro atoms. The summed E-state index contributed by atoms with van der Waals surface area (Å²) in [6.45, 7) is 3.75. The van der Waals surface area contributed by atoms with Crippen molar-refractivity contribution in [3.05, 3.63) is 35.7 Å². The third-order valence-electron chi connectivity index (χ3n) is 5.08. The molecule has 1 amide bonds. The summed E-state index contributed by atoms with van der Waals surface area (Å²) in [6, 6.07) is 7.99. The second kappa shape index (κ2) is 8.44. The molecule has 27 heavy (non-hydrogen) atoms. The number of carbonyl (C=O) groups excluding carboxylic acids is 1. The lowest BCUT2D eigenvalue weighted by molar-refractivity contribution is -0.113. The van der Waals surface area contributed by atoms with E-state index in [1.165, 1.54) is 30.2 Å². The fraction of sp³-hybridized carbons (Fsp3) is 0.550. The lowest BCUT2D eigenvalue weighted by Crippen LogP contribution is -2.19. The van der Waals surface area contributed by atoms with Gasteiger partial charge in [0.05, 0.1) is 18.4 Å². The standard InChI is InChI=1S/C20H26N4O2S/c1-2-14-5-9-16(10-6-14)21-18(25)13-27-20-23-22-19(15-7-8-15)24(20)12-17-4-3-11-26-17/h5-6,9-10,15,17H,2-4,7-8,11-13H2,1H3,(H,21,25)/t17-/m1/s1. The molecule has 2 aliphatic rings. The van der Waals surface area contributed by atoms with Gasteiger partial charge in [0.25, 0.3) is 0 Å². The number of amides is 1. The number of ether oxygens (including phenoxy) is 1. The molecule has 4 rings (SSSR count). The van der Waals surface area contributed by atoms with E-state index in [9.17, 15) is 4.79 Å². The average Bonchev–Trinajstić information content (AvgIpc) is 3.25. The van der Waals surface area contributed by atoms with Crippen LogP contribution in [0.25, 0.3) is 0 Å². The zero-order valence-corrected chi connectivity index (χ0v) is 16.5. The van der Waals surface area contributed by atoms with Crippen molar-refractivity contribution in [1.82, 2.24) is 14.8 Å². The Morgan fingerprint density at radius 1 is 1.26 bits per heavy atom. The molecule has 1 aliphatic carbocycles. The third kappa shape index (κ3) is 4.71. The predicted octanol–water partition coefficient (Wildman–Crippen LogP) is 3.63. The van der Waals surface area contributed by atoms with Crippen LogP contribution < -0.4 is 5.32 Å². The Hall–Kier alpha value is -1.86. The molecule has 2 aromatic rings. The Balaban J connectivity index is 1.37. The van der Waals surface area contributed by atoms with Gasteiger partial charge in [-0.2, -0.15) is 0 Å². The first kappa shape index (κ1) is 18.5. The summed E-state index contributed by atoms with van der Waals surface area (Å²) in [5, 5.41) is 12.5. The Kier molecular flexibility index (Phi) is 5.78. The highest BCUT2D eigenvalue weighted by Gasteiger charge is 2.31. The van der Waals surface area contributed by atoms with E-state index < -0.39 is 0 Å². The average molecular weight is 387 g/mol. The van der Waals surface area contributed by atoms with Crippen molar-refractivity contribution in [3.63, 3.8) is 0 Å². The van der Waals surface area contributed by atoms with E-state index in [-0.39, 0.29) is 12.0 Å². The van der Waals surface area contributed by atoms with Gasteiger partial charge in [-0.1, -0.05) is 30.8 Å². The van der Waals surface area contributed by atoms with Crippen LogP contribution in [0.15, 0.2) is 29.4 Å². The number of hydrogen-bond acceptors (Lipinski definition) is 5. The maximum atomic E-state index is 12.3. The molecule has 1 saturated carbocycles. The fourth-order valence-corrected chi connectivity index (χ4v) is 4.12. The van der Waals surface area contributed by atoms with Crippen LogP contribution in [0.1, 0.15) is 49.9 Å². The van der Waals surface area contributed by atoms with Gasteiger partial charge >= 0.3 is 0 Å². The molecular formula is C20H26N4O2S. The van der Waals surface area contributed by atoms with Gasteiger partial charge in [-0.15, -0.1) is 10.2 Å². The number of anilines is 1. The number of hydrogen-bond donors (Lipinski definition) is 1. The zero-order valence-electron chi connectivity index (χ0n) is 15.7. The fourth-order valence-electron chi connectivity index (χ4n) is 3.36. The number of rotatable bonds is 8. The molecular weight excluding hydrogens is 360 g/mol. The Morgan fingerprint density at radius 3 is 2.74 bits per heavy atom. The largest absolute Gasteiger partial charge is 0.376 e. The summed E-state index contributed by atoms with van der Waals surface area (Å²) in [5.41, 5.74) is 2.09. The summed E-state index contributed by atoms with van der Waals surface area (Å²) in [4.78, 5) is 12.3. The quantitative estimate of drug-likeness (QED) is 0.702. The van der Waals surface area contributed by atoms with Gasteiger partial charge in [0.15, 0.2) is 5.16 Å². The first-order chi connectivity index (χ1) is 13.2. The van der Waals surface area contributed by atoms with Crippen molar-refractivity contribution >= 4 is 23.4 Å². The van der Waals surface area contributed by atoms with E-state index in [0.29, 0.717) is 11.7 Å². The van der Waals surface area contributed by atoms with Crippen LogP contribution in [-0.4, -0.2) is 39.1 Å². The second-order valence-electron chi connectivity index (χ2n) is 7.25. The smallest absolute Gasteiger partial charge is 0.234 e. The Morgan fingerprint density at radius 2 is 2.07 bits per heavy atom. The number of benzene rings is 1. The SMILES string of the molecule is CCc1ccc(NC(=O)CSc2nnc(C3CC3)n2C[C@H]2CCCO2)cc1. The summed E-state index contributed by atoms with van der Waals surface area (Å²) in [6.07, 6.45) is 5.80. The molecule has 0 radical (unpaired) electrons. The molecule has 6 nitrogen and oxygen atoms in total. The van der Waals surface area contributed by atoms with Gasteiger partial charge in [0, 0.05) is 18.2 Å². The minimum atomic E-state index is -0.0242. The molecule has 1 saturated heterocycles. The number of carbonyl (C=O) groups is 1. The van der Waals surface area contributed by atoms with Gasteiger partial charge in [0.2, 0.25) is 5.91 Å². The molecule has 1 N–H and O–H groups in total. The maximum Gasteiger partial charge on any atom is 0.234 e. The van der Waals surface area contributed by atoms with Gasteiger partial charge in [-0.25, -0.2) is 0 Å². The Bertz CT molecular complexity index is 780. The van der Waals surface area contributed by atoms with Crippen molar-refractivity contribution in [2.45, 2.75) is 62.8 Å². The van der Waals surface area contributed by atoms with Gasteiger partial charge in [-0.3, -0.25) is 4.79 Å². The number of aryl methyl sites for hydroxylation is 1. The second-order valence-corrected chi connectivity index (χ2v) is 8.19. The topological polar surface area (TPSA) is 69.0 Å². The molecule has 0 bridgehead atoms. The van der Waals surface area contributed by atoms with E-state index in [1.54, 1.807) is 0 Å². The van der Waals surface area contributed by atoms with Crippen molar-refractivity contribution in [2.24, 2.45) is 0 Å². The van der Waals surface area contributed by atoms with Crippen LogP contribution in [0.5, 0.6) is 0 Å². The van der Waals surface area contributed by atoms with E-state index >= 15 is 0 Å².